The van der Waals surface area contributed by atoms with Crippen molar-refractivity contribution in [3.63, 3.8) is 0 Å². The van der Waals surface area contributed by atoms with Crippen LogP contribution in [0.15, 0.2) is 40.3 Å². The van der Waals surface area contributed by atoms with Gasteiger partial charge in [-0.1, -0.05) is 37.2 Å². The maximum atomic E-state index is 12.8. The van der Waals surface area contributed by atoms with Gasteiger partial charge in [0.1, 0.15) is 5.82 Å². The first kappa shape index (κ1) is 17.2. The Balaban J connectivity index is 1.84. The lowest BCUT2D eigenvalue weighted by atomic mass is 10.2. The van der Waals surface area contributed by atoms with E-state index in [1.165, 1.54) is 30.0 Å². The molecule has 0 spiro atoms. The van der Waals surface area contributed by atoms with Crippen LogP contribution in [0, 0.1) is 5.82 Å². The number of rotatable bonds is 7. The van der Waals surface area contributed by atoms with Gasteiger partial charge in [0.2, 0.25) is 5.91 Å². The van der Waals surface area contributed by atoms with Gasteiger partial charge < -0.3 is 10.3 Å². The highest BCUT2D eigenvalue weighted by Gasteiger charge is 2.06. The minimum absolute atomic E-state index is 0.152. The lowest BCUT2D eigenvalue weighted by molar-refractivity contribution is -0.118. The van der Waals surface area contributed by atoms with Crippen molar-refractivity contribution >= 4 is 17.7 Å². The quantitative estimate of drug-likeness (QED) is 0.601. The van der Waals surface area contributed by atoms with Crippen LogP contribution in [0.4, 0.5) is 4.39 Å². The molecular formula is C16H18FN3O2S. The van der Waals surface area contributed by atoms with Crippen LogP contribution in [0.25, 0.3) is 0 Å². The summed E-state index contributed by atoms with van der Waals surface area (Å²) < 4.78 is 12.8. The molecule has 0 radical (unpaired) electrons. The van der Waals surface area contributed by atoms with Gasteiger partial charge in [0.15, 0.2) is 5.16 Å². The third-order valence-electron chi connectivity index (χ3n) is 3.02. The maximum absolute atomic E-state index is 12.8. The summed E-state index contributed by atoms with van der Waals surface area (Å²) in [6.07, 6.45) is 1.63. The van der Waals surface area contributed by atoms with Crippen molar-refractivity contribution in [3.8, 4) is 0 Å². The Kier molecular flexibility index (Phi) is 6.34. The Bertz CT molecular complexity index is 716. The van der Waals surface area contributed by atoms with E-state index in [1.807, 2.05) is 6.92 Å². The number of aromatic amines is 1. The number of carbonyl (C=O) groups is 1. The fourth-order valence-electron chi connectivity index (χ4n) is 1.92. The number of amides is 1. The van der Waals surface area contributed by atoms with E-state index in [-0.39, 0.29) is 23.0 Å². The summed E-state index contributed by atoms with van der Waals surface area (Å²) in [7, 11) is 0. The number of halogens is 1. The number of nitrogens with one attached hydrogen (secondary N) is 2. The highest BCUT2D eigenvalue weighted by atomic mass is 32.2. The van der Waals surface area contributed by atoms with Gasteiger partial charge in [-0.3, -0.25) is 9.59 Å². The highest BCUT2D eigenvalue weighted by Crippen LogP contribution is 2.11. The Hall–Kier alpha value is -2.15. The number of nitrogens with zero attached hydrogens (tertiary/aromatic N) is 1. The summed E-state index contributed by atoms with van der Waals surface area (Å²) in [4.78, 5) is 30.3. The average molecular weight is 335 g/mol. The minimum atomic E-state index is -0.308. The molecular weight excluding hydrogens is 317 g/mol. The molecule has 122 valence electrons. The van der Waals surface area contributed by atoms with E-state index in [0.717, 1.165) is 24.1 Å². The molecule has 1 amide bonds. The van der Waals surface area contributed by atoms with Gasteiger partial charge >= 0.3 is 0 Å². The van der Waals surface area contributed by atoms with Crippen LogP contribution in [-0.2, 0) is 17.8 Å². The average Bonchev–Trinajstić information content (AvgIpc) is 2.52. The molecule has 1 aromatic heterocycles. The number of H-pyrrole nitrogens is 1. The molecule has 0 aliphatic heterocycles. The zero-order valence-electron chi connectivity index (χ0n) is 12.8. The molecule has 2 N–H and O–H groups in total. The Morgan fingerprint density at radius 1 is 1.35 bits per heavy atom. The van der Waals surface area contributed by atoms with E-state index in [1.54, 1.807) is 12.1 Å². The van der Waals surface area contributed by atoms with Crippen molar-refractivity contribution in [1.29, 1.82) is 0 Å². The number of aryl methyl sites for hydroxylation is 1. The van der Waals surface area contributed by atoms with Crippen LogP contribution in [0.2, 0.25) is 0 Å². The monoisotopic (exact) mass is 335 g/mol. The predicted octanol–water partition coefficient (Wildman–Crippen LogP) is 2.27. The first-order valence-electron chi connectivity index (χ1n) is 7.31. The molecule has 1 aromatic carbocycles. The molecule has 2 rings (SSSR count). The second-order valence-electron chi connectivity index (χ2n) is 4.98. The Labute approximate surface area is 137 Å². The Morgan fingerprint density at radius 3 is 2.78 bits per heavy atom. The van der Waals surface area contributed by atoms with E-state index in [2.05, 4.69) is 15.3 Å². The molecule has 0 fully saturated rings. The van der Waals surface area contributed by atoms with Crippen LogP contribution in [0.1, 0.15) is 24.6 Å². The molecule has 7 heteroatoms. The van der Waals surface area contributed by atoms with Crippen LogP contribution < -0.4 is 10.9 Å². The zero-order chi connectivity index (χ0) is 16.7. The SMILES string of the molecule is CCCc1cc(=O)[nH]c(SCC(=O)NCc2ccc(F)cc2)n1. The van der Waals surface area contributed by atoms with Gasteiger partial charge in [0.05, 0.1) is 5.75 Å². The van der Waals surface area contributed by atoms with E-state index < -0.39 is 0 Å². The standard InChI is InChI=1S/C16H18FN3O2S/c1-2-3-13-8-14(21)20-16(19-13)23-10-15(22)18-9-11-4-6-12(17)7-5-11/h4-8H,2-3,9-10H2,1H3,(H,18,22)(H,19,20,21). The maximum Gasteiger partial charge on any atom is 0.251 e. The van der Waals surface area contributed by atoms with Gasteiger partial charge in [-0.05, 0) is 24.1 Å². The summed E-state index contributed by atoms with van der Waals surface area (Å²) in [5.41, 5.74) is 1.34. The number of hydrogen-bond donors (Lipinski definition) is 2. The number of carbonyl (C=O) groups excluding carboxylic acids is 1. The minimum Gasteiger partial charge on any atom is -0.351 e. The first-order valence-corrected chi connectivity index (χ1v) is 8.29. The number of aromatic nitrogens is 2. The van der Waals surface area contributed by atoms with Crippen LogP contribution in [0.3, 0.4) is 0 Å². The van der Waals surface area contributed by atoms with Crippen LogP contribution in [0.5, 0.6) is 0 Å². The third kappa shape index (κ3) is 5.86. The largest absolute Gasteiger partial charge is 0.351 e. The van der Waals surface area contributed by atoms with Gasteiger partial charge in [-0.15, -0.1) is 0 Å². The third-order valence-corrected chi connectivity index (χ3v) is 3.90. The van der Waals surface area contributed by atoms with Crippen molar-refractivity contribution in [2.24, 2.45) is 0 Å². The smallest absolute Gasteiger partial charge is 0.251 e. The molecule has 5 nitrogen and oxygen atoms in total. The normalized spacial score (nSPS) is 10.5. The van der Waals surface area contributed by atoms with E-state index >= 15 is 0 Å². The number of hydrogen-bond acceptors (Lipinski definition) is 4. The molecule has 0 atom stereocenters. The van der Waals surface area contributed by atoms with Crippen molar-refractivity contribution in [1.82, 2.24) is 15.3 Å². The molecule has 0 aliphatic carbocycles. The fraction of sp³-hybridized carbons (Fsp3) is 0.312. The van der Waals surface area contributed by atoms with Gasteiger partial charge in [0.25, 0.3) is 5.56 Å². The van der Waals surface area contributed by atoms with Gasteiger partial charge in [0, 0.05) is 18.3 Å². The molecule has 0 saturated heterocycles. The van der Waals surface area contributed by atoms with Crippen molar-refractivity contribution in [3.05, 3.63) is 57.8 Å². The second-order valence-corrected chi connectivity index (χ2v) is 5.95. The fourth-order valence-corrected chi connectivity index (χ4v) is 2.65. The molecule has 0 bridgehead atoms. The summed E-state index contributed by atoms with van der Waals surface area (Å²) in [5.74, 6) is -0.333. The van der Waals surface area contributed by atoms with Crippen molar-refractivity contribution < 1.29 is 9.18 Å². The number of thioether (sulfide) groups is 1. The molecule has 1 heterocycles. The highest BCUT2D eigenvalue weighted by molar-refractivity contribution is 7.99. The lowest BCUT2D eigenvalue weighted by Gasteiger charge is -2.06. The summed E-state index contributed by atoms with van der Waals surface area (Å²) in [6.45, 7) is 2.35. The lowest BCUT2D eigenvalue weighted by Crippen LogP contribution is -2.24. The molecule has 0 unspecified atom stereocenters. The first-order chi connectivity index (χ1) is 11.1. The van der Waals surface area contributed by atoms with E-state index in [9.17, 15) is 14.0 Å². The molecule has 2 aromatic rings. The van der Waals surface area contributed by atoms with Crippen LogP contribution >= 0.6 is 11.8 Å². The molecule has 0 aliphatic rings. The number of benzene rings is 1. The van der Waals surface area contributed by atoms with Crippen molar-refractivity contribution in [2.45, 2.75) is 31.5 Å². The zero-order valence-corrected chi connectivity index (χ0v) is 13.6. The van der Waals surface area contributed by atoms with Crippen molar-refractivity contribution in [2.75, 3.05) is 5.75 Å². The van der Waals surface area contributed by atoms with Gasteiger partial charge in [-0.25, -0.2) is 9.37 Å². The molecule has 23 heavy (non-hydrogen) atoms. The van der Waals surface area contributed by atoms with Gasteiger partial charge in [-0.2, -0.15) is 0 Å². The summed E-state index contributed by atoms with van der Waals surface area (Å²) in [6, 6.07) is 7.42. The van der Waals surface area contributed by atoms with E-state index in [4.69, 9.17) is 0 Å². The molecule has 0 saturated carbocycles. The topological polar surface area (TPSA) is 74.8 Å². The van der Waals surface area contributed by atoms with E-state index in [0.29, 0.717) is 11.7 Å². The summed E-state index contributed by atoms with van der Waals surface area (Å²) in [5, 5.41) is 3.18. The predicted molar refractivity (Wildman–Crippen MR) is 87.8 cm³/mol. The summed E-state index contributed by atoms with van der Waals surface area (Å²) >= 11 is 1.18. The second kappa shape index (κ2) is 8.47. The Morgan fingerprint density at radius 2 is 2.09 bits per heavy atom. The van der Waals surface area contributed by atoms with Crippen LogP contribution in [-0.4, -0.2) is 21.6 Å².